The van der Waals surface area contributed by atoms with E-state index in [4.69, 9.17) is 5.73 Å². The summed E-state index contributed by atoms with van der Waals surface area (Å²) in [5, 5.41) is 5.46. The van der Waals surface area contributed by atoms with Crippen molar-refractivity contribution in [1.82, 2.24) is 24.6 Å². The molecular formula is C22H22ClFN6O. The van der Waals surface area contributed by atoms with Gasteiger partial charge in [0.1, 0.15) is 11.5 Å². The molecule has 1 atom stereocenters. The minimum Gasteiger partial charge on any atom is -0.343 e. The van der Waals surface area contributed by atoms with Crippen molar-refractivity contribution in [3.63, 3.8) is 0 Å². The van der Waals surface area contributed by atoms with Crippen molar-refractivity contribution in [2.75, 3.05) is 14.1 Å². The maximum atomic E-state index is 14.4. The lowest BCUT2D eigenvalue weighted by molar-refractivity contribution is 0.0821. The molecule has 7 nitrogen and oxygen atoms in total. The SMILES string of the molecule is CN(C)C(=O)c1ccc(F)c(C[C@H](N)c2ncccc2-n2ncc3ccccc32)n1.Cl. The molecule has 0 aliphatic carbocycles. The van der Waals surface area contributed by atoms with Gasteiger partial charge in [0.25, 0.3) is 5.91 Å². The fourth-order valence-electron chi connectivity index (χ4n) is 3.32. The first-order valence-electron chi connectivity index (χ1n) is 9.46. The Hall–Kier alpha value is -3.36. The first-order chi connectivity index (χ1) is 14.5. The number of carbonyl (C=O) groups excluding carboxylic acids is 1. The fraction of sp³-hybridized carbons (Fsp3) is 0.182. The highest BCUT2D eigenvalue weighted by Gasteiger charge is 2.20. The Kier molecular flexibility index (Phi) is 6.62. The van der Waals surface area contributed by atoms with Crippen LogP contribution >= 0.6 is 12.4 Å². The third-order valence-corrected chi connectivity index (χ3v) is 4.83. The third-order valence-electron chi connectivity index (χ3n) is 4.83. The highest BCUT2D eigenvalue weighted by Crippen LogP contribution is 2.25. The van der Waals surface area contributed by atoms with Gasteiger partial charge in [-0.05, 0) is 30.3 Å². The van der Waals surface area contributed by atoms with Crippen molar-refractivity contribution in [2.24, 2.45) is 5.73 Å². The lowest BCUT2D eigenvalue weighted by Crippen LogP contribution is -2.24. The second-order valence-electron chi connectivity index (χ2n) is 7.16. The molecule has 0 fully saturated rings. The summed E-state index contributed by atoms with van der Waals surface area (Å²) >= 11 is 0. The lowest BCUT2D eigenvalue weighted by Gasteiger charge is -2.17. The smallest absolute Gasteiger partial charge is 0.271 e. The molecule has 0 spiro atoms. The van der Waals surface area contributed by atoms with E-state index in [1.807, 2.05) is 30.3 Å². The highest BCUT2D eigenvalue weighted by atomic mass is 35.5. The second kappa shape index (κ2) is 9.20. The van der Waals surface area contributed by atoms with Gasteiger partial charge in [-0.15, -0.1) is 12.4 Å². The maximum Gasteiger partial charge on any atom is 0.271 e. The molecule has 1 amide bonds. The van der Waals surface area contributed by atoms with E-state index in [9.17, 15) is 9.18 Å². The van der Waals surface area contributed by atoms with E-state index < -0.39 is 11.9 Å². The summed E-state index contributed by atoms with van der Waals surface area (Å²) in [7, 11) is 3.24. The molecule has 31 heavy (non-hydrogen) atoms. The van der Waals surface area contributed by atoms with Gasteiger partial charge in [0.05, 0.1) is 34.8 Å². The molecule has 3 heterocycles. The average molecular weight is 441 g/mol. The van der Waals surface area contributed by atoms with Crippen LogP contribution in [-0.2, 0) is 6.42 Å². The number of nitrogens with zero attached hydrogens (tertiary/aromatic N) is 5. The Morgan fingerprint density at radius 1 is 1.16 bits per heavy atom. The summed E-state index contributed by atoms with van der Waals surface area (Å²) in [5.74, 6) is -0.811. The van der Waals surface area contributed by atoms with Crippen LogP contribution in [0.4, 0.5) is 4.39 Å². The van der Waals surface area contributed by atoms with E-state index in [-0.39, 0.29) is 36.1 Å². The number of hydrogen-bond acceptors (Lipinski definition) is 5. The number of amides is 1. The molecule has 3 aromatic heterocycles. The van der Waals surface area contributed by atoms with Crippen LogP contribution in [0.2, 0.25) is 0 Å². The predicted octanol–water partition coefficient (Wildman–Crippen LogP) is 3.32. The van der Waals surface area contributed by atoms with Crippen LogP contribution in [-0.4, -0.2) is 44.7 Å². The summed E-state index contributed by atoms with van der Waals surface area (Å²) < 4.78 is 16.2. The Labute approximate surface area is 185 Å². The van der Waals surface area contributed by atoms with Gasteiger partial charge >= 0.3 is 0 Å². The number of benzene rings is 1. The molecule has 0 unspecified atom stereocenters. The normalized spacial score (nSPS) is 11.7. The number of fused-ring (bicyclic) bond motifs is 1. The van der Waals surface area contributed by atoms with Crippen molar-refractivity contribution in [2.45, 2.75) is 12.5 Å². The maximum absolute atomic E-state index is 14.4. The lowest BCUT2D eigenvalue weighted by atomic mass is 10.1. The van der Waals surface area contributed by atoms with E-state index in [1.165, 1.54) is 17.0 Å². The predicted molar refractivity (Wildman–Crippen MR) is 119 cm³/mol. The average Bonchev–Trinajstić information content (AvgIpc) is 3.18. The minimum absolute atomic E-state index is 0. The van der Waals surface area contributed by atoms with Gasteiger partial charge in [0.15, 0.2) is 0 Å². The first-order valence-corrected chi connectivity index (χ1v) is 9.46. The van der Waals surface area contributed by atoms with Gasteiger partial charge in [0.2, 0.25) is 0 Å². The number of hydrogen-bond donors (Lipinski definition) is 1. The topological polar surface area (TPSA) is 89.9 Å². The van der Waals surface area contributed by atoms with Gasteiger partial charge in [-0.2, -0.15) is 5.10 Å². The zero-order valence-electron chi connectivity index (χ0n) is 17.1. The number of halogens is 2. The molecule has 0 aliphatic heterocycles. The van der Waals surface area contributed by atoms with Crippen molar-refractivity contribution < 1.29 is 9.18 Å². The zero-order valence-corrected chi connectivity index (χ0v) is 17.9. The molecule has 0 bridgehead atoms. The number of carbonyl (C=O) groups is 1. The molecule has 160 valence electrons. The number of rotatable bonds is 5. The standard InChI is InChI=1S/C22H21FN6O.ClH/c1-28(2)22(30)17-10-9-15(23)18(27-17)12-16(24)21-20(8-5-11-25-21)29-19-7-4-3-6-14(19)13-26-29;/h3-11,13,16H,12,24H2,1-2H3;1H/t16-;/m0./s1. The first kappa shape index (κ1) is 22.3. The number of para-hydroxylation sites is 1. The number of nitrogens with two attached hydrogens (primary N) is 1. The van der Waals surface area contributed by atoms with Crippen LogP contribution in [0, 0.1) is 5.82 Å². The number of aromatic nitrogens is 4. The Balaban J connectivity index is 0.00000272. The van der Waals surface area contributed by atoms with E-state index in [0.29, 0.717) is 11.4 Å². The highest BCUT2D eigenvalue weighted by molar-refractivity contribution is 5.91. The fourth-order valence-corrected chi connectivity index (χ4v) is 3.32. The summed E-state index contributed by atoms with van der Waals surface area (Å²) in [4.78, 5) is 22.2. The summed E-state index contributed by atoms with van der Waals surface area (Å²) in [6, 6.07) is 13.5. The van der Waals surface area contributed by atoms with Crippen LogP contribution in [0.25, 0.3) is 16.6 Å². The van der Waals surface area contributed by atoms with Crippen molar-refractivity contribution >= 4 is 29.2 Å². The molecule has 0 saturated heterocycles. The molecule has 0 radical (unpaired) electrons. The second-order valence-corrected chi connectivity index (χ2v) is 7.16. The van der Waals surface area contributed by atoms with Crippen LogP contribution in [0.5, 0.6) is 0 Å². The van der Waals surface area contributed by atoms with Gasteiger partial charge in [-0.1, -0.05) is 18.2 Å². The number of pyridine rings is 2. The Morgan fingerprint density at radius 2 is 1.94 bits per heavy atom. The largest absolute Gasteiger partial charge is 0.343 e. The molecule has 4 rings (SSSR count). The zero-order chi connectivity index (χ0) is 21.3. The van der Waals surface area contributed by atoms with Crippen LogP contribution in [0.15, 0.2) is 60.9 Å². The van der Waals surface area contributed by atoms with Gasteiger partial charge in [0, 0.05) is 32.1 Å². The van der Waals surface area contributed by atoms with Crippen LogP contribution in [0.3, 0.4) is 0 Å². The van der Waals surface area contributed by atoms with Gasteiger partial charge in [-0.25, -0.2) is 14.1 Å². The molecular weight excluding hydrogens is 419 g/mol. The van der Waals surface area contributed by atoms with Crippen molar-refractivity contribution in [3.05, 3.63) is 83.8 Å². The Morgan fingerprint density at radius 3 is 2.71 bits per heavy atom. The third kappa shape index (κ3) is 4.40. The van der Waals surface area contributed by atoms with E-state index in [1.54, 1.807) is 37.2 Å². The van der Waals surface area contributed by atoms with Crippen molar-refractivity contribution in [1.29, 1.82) is 0 Å². The minimum atomic E-state index is -0.643. The molecule has 0 saturated carbocycles. The molecule has 2 N–H and O–H groups in total. The molecule has 4 aromatic rings. The molecule has 0 aliphatic rings. The van der Waals surface area contributed by atoms with E-state index in [0.717, 1.165) is 10.9 Å². The van der Waals surface area contributed by atoms with E-state index in [2.05, 4.69) is 15.1 Å². The Bertz CT molecular complexity index is 1230. The van der Waals surface area contributed by atoms with Crippen LogP contribution in [0.1, 0.15) is 27.9 Å². The quantitative estimate of drug-likeness (QED) is 0.514. The summed E-state index contributed by atoms with van der Waals surface area (Å²) in [6.07, 6.45) is 3.50. The van der Waals surface area contributed by atoms with Crippen molar-refractivity contribution in [3.8, 4) is 5.69 Å². The summed E-state index contributed by atoms with van der Waals surface area (Å²) in [5.41, 5.74) is 8.92. The van der Waals surface area contributed by atoms with Gasteiger partial charge < -0.3 is 10.6 Å². The molecule has 9 heteroatoms. The van der Waals surface area contributed by atoms with Gasteiger partial charge in [-0.3, -0.25) is 9.78 Å². The monoisotopic (exact) mass is 440 g/mol. The van der Waals surface area contributed by atoms with E-state index >= 15 is 0 Å². The van der Waals surface area contributed by atoms with Crippen LogP contribution < -0.4 is 5.73 Å². The summed E-state index contributed by atoms with van der Waals surface area (Å²) in [6.45, 7) is 0. The molecule has 1 aromatic carbocycles.